The average Bonchev–Trinajstić information content (AvgIpc) is 3.37. The molecule has 6 heteroatoms. The molecule has 2 heterocycles. The molecule has 126 valence electrons. The fraction of sp³-hybridized carbons (Fsp3) is 0.500. The zero-order valence-electron chi connectivity index (χ0n) is 13.6. The summed E-state index contributed by atoms with van der Waals surface area (Å²) in [5, 5.41) is 8.29. The smallest absolute Gasteiger partial charge is 0.230 e. The highest BCUT2D eigenvalue weighted by atomic mass is 16.5. The van der Waals surface area contributed by atoms with Crippen LogP contribution in [-0.2, 0) is 11.3 Å². The first-order chi connectivity index (χ1) is 11.8. The van der Waals surface area contributed by atoms with Gasteiger partial charge in [0.05, 0.1) is 19.8 Å². The minimum absolute atomic E-state index is 0.0442. The molecule has 6 nitrogen and oxygen atoms in total. The van der Waals surface area contributed by atoms with Gasteiger partial charge in [0.2, 0.25) is 11.8 Å². The zero-order valence-corrected chi connectivity index (χ0v) is 13.6. The molecule has 2 aromatic rings. The van der Waals surface area contributed by atoms with Crippen LogP contribution in [0.2, 0.25) is 0 Å². The summed E-state index contributed by atoms with van der Waals surface area (Å²) in [7, 11) is 0. The number of carbonyl (C=O) groups is 1. The number of carbonyl (C=O) groups excluding carboxylic acids is 1. The summed E-state index contributed by atoms with van der Waals surface area (Å²) in [4.78, 5) is 14.7. The van der Waals surface area contributed by atoms with Crippen LogP contribution in [0.25, 0.3) is 0 Å². The van der Waals surface area contributed by atoms with Gasteiger partial charge >= 0.3 is 0 Å². The van der Waals surface area contributed by atoms with E-state index in [4.69, 9.17) is 9.15 Å². The molecule has 1 aliphatic carbocycles. The molecule has 0 unspecified atom stereocenters. The summed E-state index contributed by atoms with van der Waals surface area (Å²) in [5.74, 6) is 2.00. The van der Waals surface area contributed by atoms with Gasteiger partial charge in [-0.05, 0) is 12.8 Å². The number of ether oxygens (including phenoxy) is 1. The Morgan fingerprint density at radius 1 is 1.21 bits per heavy atom. The van der Waals surface area contributed by atoms with E-state index in [1.54, 1.807) is 0 Å². The molecular weight excluding hydrogens is 306 g/mol. The molecule has 1 aliphatic heterocycles. The molecule has 0 radical (unpaired) electrons. The summed E-state index contributed by atoms with van der Waals surface area (Å²) in [6.07, 6.45) is 2.73. The van der Waals surface area contributed by atoms with Gasteiger partial charge in [-0.25, -0.2) is 0 Å². The van der Waals surface area contributed by atoms with Gasteiger partial charge in [-0.15, -0.1) is 10.2 Å². The molecular formula is C18H21N3O3. The van der Waals surface area contributed by atoms with Gasteiger partial charge in [-0.3, -0.25) is 9.69 Å². The van der Waals surface area contributed by atoms with Gasteiger partial charge in [0.25, 0.3) is 0 Å². The number of hydrogen-bond donors (Lipinski definition) is 0. The standard InChI is InChI=1S/C18H21N3O3/c22-16(13-4-2-1-3-5-13)10-15-12-23-9-8-21(15)11-17-19-20-18(24-17)14-6-7-14/h1-5,14-15H,6-12H2/t15-/m1/s1. The molecule has 0 bridgehead atoms. The van der Waals surface area contributed by atoms with Crippen molar-refractivity contribution in [2.24, 2.45) is 0 Å². The van der Waals surface area contributed by atoms with Crippen molar-refractivity contribution >= 4 is 5.78 Å². The van der Waals surface area contributed by atoms with E-state index in [2.05, 4.69) is 15.1 Å². The number of benzene rings is 1. The predicted molar refractivity (Wildman–Crippen MR) is 86.7 cm³/mol. The summed E-state index contributed by atoms with van der Waals surface area (Å²) < 4.78 is 11.3. The van der Waals surface area contributed by atoms with Crippen molar-refractivity contribution in [3.05, 3.63) is 47.7 Å². The van der Waals surface area contributed by atoms with E-state index in [-0.39, 0.29) is 11.8 Å². The second-order valence-corrected chi connectivity index (χ2v) is 6.50. The van der Waals surface area contributed by atoms with Gasteiger partial charge in [0, 0.05) is 30.5 Å². The largest absolute Gasteiger partial charge is 0.424 e. The monoisotopic (exact) mass is 327 g/mol. The number of rotatable bonds is 6. The van der Waals surface area contributed by atoms with Crippen LogP contribution in [0.3, 0.4) is 0 Å². The van der Waals surface area contributed by atoms with E-state index in [1.807, 2.05) is 30.3 Å². The number of ketones is 1. The van der Waals surface area contributed by atoms with Gasteiger partial charge in [-0.1, -0.05) is 30.3 Å². The minimum Gasteiger partial charge on any atom is -0.424 e. The Morgan fingerprint density at radius 3 is 2.83 bits per heavy atom. The summed E-state index contributed by atoms with van der Waals surface area (Å²) >= 11 is 0. The number of nitrogens with zero attached hydrogens (tertiary/aromatic N) is 3. The lowest BCUT2D eigenvalue weighted by atomic mass is 10.0. The summed E-state index contributed by atoms with van der Waals surface area (Å²) in [6, 6.07) is 9.45. The van der Waals surface area contributed by atoms with E-state index in [9.17, 15) is 4.79 Å². The molecule has 1 atom stereocenters. The molecule has 0 N–H and O–H groups in total. The summed E-state index contributed by atoms with van der Waals surface area (Å²) in [5.41, 5.74) is 0.747. The second-order valence-electron chi connectivity index (χ2n) is 6.50. The molecule has 0 amide bonds. The van der Waals surface area contributed by atoms with Crippen LogP contribution in [0.5, 0.6) is 0 Å². The highest BCUT2D eigenvalue weighted by molar-refractivity contribution is 5.96. The number of aromatic nitrogens is 2. The van der Waals surface area contributed by atoms with Crippen LogP contribution in [0, 0.1) is 0 Å². The topological polar surface area (TPSA) is 68.5 Å². The number of morpholine rings is 1. The van der Waals surface area contributed by atoms with Crippen LogP contribution in [-0.4, -0.2) is 46.7 Å². The molecule has 4 rings (SSSR count). The van der Waals surface area contributed by atoms with Crippen LogP contribution in [0.1, 0.15) is 47.3 Å². The Bertz CT molecular complexity index is 697. The summed E-state index contributed by atoms with van der Waals surface area (Å²) in [6.45, 7) is 2.57. The van der Waals surface area contributed by atoms with Crippen LogP contribution in [0.4, 0.5) is 0 Å². The van der Waals surface area contributed by atoms with Crippen molar-refractivity contribution < 1.29 is 13.9 Å². The van der Waals surface area contributed by atoms with Crippen molar-refractivity contribution in [2.45, 2.75) is 37.8 Å². The van der Waals surface area contributed by atoms with Crippen molar-refractivity contribution in [3.63, 3.8) is 0 Å². The highest BCUT2D eigenvalue weighted by Crippen LogP contribution is 2.39. The molecule has 2 fully saturated rings. The molecule has 1 saturated carbocycles. The average molecular weight is 327 g/mol. The van der Waals surface area contributed by atoms with Crippen LogP contribution < -0.4 is 0 Å². The van der Waals surface area contributed by atoms with Crippen molar-refractivity contribution in [2.75, 3.05) is 19.8 Å². The van der Waals surface area contributed by atoms with E-state index in [0.29, 0.717) is 38.0 Å². The SMILES string of the molecule is O=C(C[C@@H]1COCCN1Cc1nnc(C2CC2)o1)c1ccccc1. The number of hydrogen-bond acceptors (Lipinski definition) is 6. The third-order valence-corrected chi connectivity index (χ3v) is 4.61. The van der Waals surface area contributed by atoms with E-state index in [0.717, 1.165) is 30.8 Å². The normalized spacial score (nSPS) is 21.8. The first-order valence-corrected chi connectivity index (χ1v) is 8.52. The quantitative estimate of drug-likeness (QED) is 0.759. The lowest BCUT2D eigenvalue weighted by Gasteiger charge is -2.34. The number of Topliss-reactive ketones (excluding diaryl/α,β-unsaturated/α-hetero) is 1. The van der Waals surface area contributed by atoms with Gasteiger partial charge < -0.3 is 9.15 Å². The van der Waals surface area contributed by atoms with Crippen LogP contribution >= 0.6 is 0 Å². The maximum atomic E-state index is 12.5. The van der Waals surface area contributed by atoms with Crippen molar-refractivity contribution in [1.82, 2.24) is 15.1 Å². The Hall–Kier alpha value is -2.05. The third kappa shape index (κ3) is 3.55. The molecule has 1 aromatic carbocycles. The van der Waals surface area contributed by atoms with Crippen molar-refractivity contribution in [1.29, 1.82) is 0 Å². The Balaban J connectivity index is 1.41. The maximum Gasteiger partial charge on any atom is 0.230 e. The Labute approximate surface area is 140 Å². The Morgan fingerprint density at radius 2 is 2.04 bits per heavy atom. The van der Waals surface area contributed by atoms with Gasteiger partial charge in [0.1, 0.15) is 0 Å². The third-order valence-electron chi connectivity index (χ3n) is 4.61. The highest BCUT2D eigenvalue weighted by Gasteiger charge is 2.31. The predicted octanol–water partition coefficient (Wildman–Crippen LogP) is 2.42. The minimum atomic E-state index is 0.0442. The lowest BCUT2D eigenvalue weighted by Crippen LogP contribution is -2.46. The fourth-order valence-corrected chi connectivity index (χ4v) is 3.04. The zero-order chi connectivity index (χ0) is 16.4. The molecule has 1 aromatic heterocycles. The molecule has 0 spiro atoms. The Kier molecular flexibility index (Phi) is 4.40. The van der Waals surface area contributed by atoms with Gasteiger partial charge in [-0.2, -0.15) is 0 Å². The first kappa shape index (κ1) is 15.5. The van der Waals surface area contributed by atoms with Crippen LogP contribution in [0.15, 0.2) is 34.7 Å². The van der Waals surface area contributed by atoms with Crippen molar-refractivity contribution in [3.8, 4) is 0 Å². The van der Waals surface area contributed by atoms with E-state index in [1.165, 1.54) is 0 Å². The van der Waals surface area contributed by atoms with E-state index < -0.39 is 0 Å². The lowest BCUT2D eigenvalue weighted by molar-refractivity contribution is -0.0160. The molecule has 1 saturated heterocycles. The van der Waals surface area contributed by atoms with E-state index >= 15 is 0 Å². The molecule has 24 heavy (non-hydrogen) atoms. The van der Waals surface area contributed by atoms with Gasteiger partial charge in [0.15, 0.2) is 5.78 Å². The molecule has 2 aliphatic rings. The second kappa shape index (κ2) is 6.83. The maximum absolute atomic E-state index is 12.5. The fourth-order valence-electron chi connectivity index (χ4n) is 3.04. The first-order valence-electron chi connectivity index (χ1n) is 8.52.